The molecule has 2 fully saturated rings. The molecule has 2 aromatic carbocycles. The Hall–Kier alpha value is -5.86. The molecule has 2 aliphatic heterocycles. The summed E-state index contributed by atoms with van der Waals surface area (Å²) in [5.74, 6) is 2.52. The van der Waals surface area contributed by atoms with Gasteiger partial charge in [-0.1, -0.05) is 26.7 Å². The second kappa shape index (κ2) is 26.9. The van der Waals surface area contributed by atoms with Gasteiger partial charge in [0.1, 0.15) is 56.6 Å². The number of fused-ring (bicyclic) bond motifs is 6. The second-order valence-corrected chi connectivity index (χ2v) is 20.6. The molecule has 0 amide bonds. The van der Waals surface area contributed by atoms with Crippen LogP contribution in [0.25, 0.3) is 43.9 Å². The summed E-state index contributed by atoms with van der Waals surface area (Å²) in [6, 6.07) is 12.8. The van der Waals surface area contributed by atoms with Crippen molar-refractivity contribution in [2.24, 2.45) is 0 Å². The number of aryl methyl sites for hydroxylation is 2. The lowest BCUT2D eigenvalue weighted by atomic mass is 10.1. The van der Waals surface area contributed by atoms with Gasteiger partial charge in [0.15, 0.2) is 0 Å². The van der Waals surface area contributed by atoms with Gasteiger partial charge in [-0.2, -0.15) is 0 Å². The van der Waals surface area contributed by atoms with Crippen molar-refractivity contribution < 1.29 is 33.6 Å². The lowest BCUT2D eigenvalue weighted by Gasteiger charge is -2.36. The van der Waals surface area contributed by atoms with E-state index < -0.39 is 11.2 Å². The number of H-pyrrole nitrogens is 2. The van der Waals surface area contributed by atoms with E-state index in [4.69, 9.17) is 45.5 Å². The number of esters is 2. The van der Waals surface area contributed by atoms with Gasteiger partial charge < -0.3 is 60.6 Å². The molecule has 2 aliphatic rings. The molecule has 73 heavy (non-hydrogen) atoms. The number of nitrogens with two attached hydrogens (primary N) is 2. The van der Waals surface area contributed by atoms with Crippen molar-refractivity contribution in [3.05, 3.63) is 48.0 Å². The smallest absolute Gasteiger partial charge is 0.308 e. The number of nitrogen functional groups attached to an aromatic ring is 2. The zero-order valence-electron chi connectivity index (χ0n) is 44.7. The standard InChI is InChI=1S/C27H40N6O3.C18H24N6.C9H18O4/c1-5-6-7-22-30-24-20-18-19(8-9-21(20)29-26(28)25(24)31-22)33-13-11-32(12-14-33)15-17-35-16-10-23(34)36-27(2,3)4;1-2-3-4-15-22-16-13-11-12(24-9-7-20-8-10-24)5-6-14(13)21-18(19)17(16)23-15;1-9(2,3)13-8(11)4-6-12-7-5-10/h8-9,18H,5-7,10-17H2,1-4H3,(H2,28,29)(H,30,31);5-6,11,20H,2-4,7-10H2,1H3,(H2,19,21)(H,22,23);10H,4-7H2,1-3H3. The van der Waals surface area contributed by atoms with Gasteiger partial charge in [-0.15, -0.1) is 0 Å². The number of anilines is 4. The van der Waals surface area contributed by atoms with Gasteiger partial charge in [0.2, 0.25) is 0 Å². The summed E-state index contributed by atoms with van der Waals surface area (Å²) in [4.78, 5) is 55.7. The average Bonchev–Trinajstić information content (AvgIpc) is 4.00. The van der Waals surface area contributed by atoms with Gasteiger partial charge in [-0.3, -0.25) is 14.5 Å². The van der Waals surface area contributed by atoms with Gasteiger partial charge in [-0.25, -0.2) is 19.9 Å². The molecule has 400 valence electrons. The zero-order valence-corrected chi connectivity index (χ0v) is 44.7. The number of nitrogens with zero attached hydrogens (tertiary/aromatic N) is 7. The lowest BCUT2D eigenvalue weighted by Crippen LogP contribution is -2.47. The molecule has 4 aromatic heterocycles. The number of ether oxygens (including phenoxy) is 4. The summed E-state index contributed by atoms with van der Waals surface area (Å²) in [6.45, 7) is 25.8. The number of aliphatic hydroxyl groups is 1. The molecule has 0 saturated carbocycles. The van der Waals surface area contributed by atoms with Gasteiger partial charge in [0, 0.05) is 93.9 Å². The van der Waals surface area contributed by atoms with E-state index in [0.29, 0.717) is 31.5 Å². The third-order valence-electron chi connectivity index (χ3n) is 12.3. The maximum Gasteiger partial charge on any atom is 0.308 e. The number of benzene rings is 2. The zero-order chi connectivity index (χ0) is 52.5. The van der Waals surface area contributed by atoms with Crippen LogP contribution < -0.4 is 26.6 Å². The van der Waals surface area contributed by atoms with E-state index >= 15 is 0 Å². The topological polar surface area (TPSA) is 248 Å². The maximum absolute atomic E-state index is 11.8. The van der Waals surface area contributed by atoms with Crippen LogP contribution in [0.3, 0.4) is 0 Å². The first-order valence-corrected chi connectivity index (χ1v) is 26.2. The first-order chi connectivity index (χ1) is 34.9. The van der Waals surface area contributed by atoms with Crippen LogP contribution in [0, 0.1) is 0 Å². The molecule has 8 N–H and O–H groups in total. The molecule has 19 nitrogen and oxygen atoms in total. The van der Waals surface area contributed by atoms with Crippen molar-refractivity contribution in [3.63, 3.8) is 0 Å². The number of aromatic nitrogens is 6. The van der Waals surface area contributed by atoms with E-state index in [2.05, 4.69) is 84.1 Å². The predicted octanol–water partition coefficient (Wildman–Crippen LogP) is 7.08. The monoisotopic (exact) mass is 1010 g/mol. The van der Waals surface area contributed by atoms with Crippen molar-refractivity contribution in [1.29, 1.82) is 0 Å². The van der Waals surface area contributed by atoms with Crippen LogP contribution in [0.4, 0.5) is 23.0 Å². The first kappa shape index (κ1) is 56.4. The highest BCUT2D eigenvalue weighted by Gasteiger charge is 2.21. The van der Waals surface area contributed by atoms with Gasteiger partial charge in [0.25, 0.3) is 0 Å². The largest absolute Gasteiger partial charge is 0.460 e. The van der Waals surface area contributed by atoms with Crippen LogP contribution in [0.2, 0.25) is 0 Å². The summed E-state index contributed by atoms with van der Waals surface area (Å²) in [7, 11) is 0. The third kappa shape index (κ3) is 17.1. The Morgan fingerprint density at radius 1 is 0.630 bits per heavy atom. The van der Waals surface area contributed by atoms with Crippen molar-refractivity contribution in [1.82, 2.24) is 40.1 Å². The van der Waals surface area contributed by atoms with Crippen molar-refractivity contribution in [2.45, 2.75) is 118 Å². The molecule has 2 saturated heterocycles. The number of unbranched alkanes of at least 4 members (excludes halogenated alkanes) is 2. The summed E-state index contributed by atoms with van der Waals surface area (Å²) in [6.07, 6.45) is 6.88. The number of hydrogen-bond donors (Lipinski definition) is 6. The number of piperazine rings is 2. The lowest BCUT2D eigenvalue weighted by molar-refractivity contribution is -0.157. The molecular formula is C54H82N12O7. The van der Waals surface area contributed by atoms with Crippen LogP contribution in [-0.2, 0) is 41.4 Å². The van der Waals surface area contributed by atoms with Gasteiger partial charge >= 0.3 is 11.9 Å². The Balaban J connectivity index is 0.000000201. The molecule has 0 atom stereocenters. The quantitative estimate of drug-likeness (QED) is 0.0350. The number of pyridine rings is 2. The van der Waals surface area contributed by atoms with Crippen LogP contribution in [0.15, 0.2) is 36.4 Å². The summed E-state index contributed by atoms with van der Waals surface area (Å²) in [5.41, 5.74) is 19.2. The van der Waals surface area contributed by atoms with E-state index in [-0.39, 0.29) is 38.0 Å². The van der Waals surface area contributed by atoms with Crippen molar-refractivity contribution in [2.75, 3.05) is 113 Å². The highest BCUT2D eigenvalue weighted by atomic mass is 16.6. The number of hydrogen-bond acceptors (Lipinski definition) is 17. The SMILES string of the molecule is CC(C)(C)OC(=O)CCOCCO.CCCCc1nc2c([nH]1)c(N)nc1ccc(N3CCN(CCOCCC(=O)OC(C)(C)C)CC3)cc12.CCCCc1nc2c([nH]1)c(N)nc1ccc(N3CCNCC3)cc12. The number of nitrogens with one attached hydrogen (secondary N) is 3. The molecular weight excluding hydrogens is 929 g/mol. The summed E-state index contributed by atoms with van der Waals surface area (Å²) >= 11 is 0. The minimum absolute atomic E-state index is 0.0195. The molecule has 0 spiro atoms. The average molecular weight is 1010 g/mol. The van der Waals surface area contributed by atoms with E-state index in [1.807, 2.05) is 47.6 Å². The number of carbonyl (C=O) groups excluding carboxylic acids is 2. The van der Waals surface area contributed by atoms with E-state index in [1.165, 1.54) is 11.4 Å². The number of aliphatic hydroxyl groups excluding tert-OH is 1. The normalized spacial score (nSPS) is 14.6. The Morgan fingerprint density at radius 3 is 1.52 bits per heavy atom. The highest BCUT2D eigenvalue weighted by molar-refractivity contribution is 6.08. The maximum atomic E-state index is 11.8. The fourth-order valence-corrected chi connectivity index (χ4v) is 8.63. The van der Waals surface area contributed by atoms with Crippen molar-refractivity contribution >= 4 is 78.8 Å². The minimum atomic E-state index is -0.451. The van der Waals surface area contributed by atoms with E-state index in [9.17, 15) is 9.59 Å². The fourth-order valence-electron chi connectivity index (χ4n) is 8.63. The second-order valence-electron chi connectivity index (χ2n) is 20.6. The molecule has 0 aliphatic carbocycles. The number of imidazole rings is 2. The minimum Gasteiger partial charge on any atom is -0.460 e. The fraction of sp³-hybridized carbons (Fsp3) is 0.593. The molecule has 6 aromatic rings. The summed E-state index contributed by atoms with van der Waals surface area (Å²) < 4.78 is 20.9. The number of carbonyl (C=O) groups is 2. The van der Waals surface area contributed by atoms with E-state index in [1.54, 1.807) is 0 Å². The highest BCUT2D eigenvalue weighted by Crippen LogP contribution is 2.32. The van der Waals surface area contributed by atoms with Crippen LogP contribution >= 0.6 is 0 Å². The summed E-state index contributed by atoms with van der Waals surface area (Å²) in [5, 5.41) is 13.9. The first-order valence-electron chi connectivity index (χ1n) is 26.2. The van der Waals surface area contributed by atoms with Gasteiger partial charge in [-0.05, 0) is 90.8 Å². The van der Waals surface area contributed by atoms with Gasteiger partial charge in [0.05, 0.1) is 56.9 Å². The Morgan fingerprint density at radius 2 is 1.08 bits per heavy atom. The van der Waals surface area contributed by atoms with Crippen LogP contribution in [-0.4, -0.2) is 155 Å². The molecule has 19 heteroatoms. The predicted molar refractivity (Wildman–Crippen MR) is 292 cm³/mol. The Labute approximate surface area is 430 Å². The Kier molecular flexibility index (Phi) is 20.8. The van der Waals surface area contributed by atoms with E-state index in [0.717, 1.165) is 153 Å². The molecule has 0 bridgehead atoms. The third-order valence-corrected chi connectivity index (χ3v) is 12.3. The molecule has 6 heterocycles. The number of rotatable bonds is 19. The Bertz CT molecular complexity index is 2700. The van der Waals surface area contributed by atoms with Crippen LogP contribution in [0.5, 0.6) is 0 Å². The molecule has 0 radical (unpaired) electrons. The molecule has 0 unspecified atom stereocenters. The van der Waals surface area contributed by atoms with Crippen molar-refractivity contribution in [3.8, 4) is 0 Å². The molecule has 8 rings (SSSR count). The van der Waals surface area contributed by atoms with Crippen LogP contribution in [0.1, 0.15) is 106 Å². The number of aromatic amines is 2.